The second-order valence-corrected chi connectivity index (χ2v) is 6.00. The molecule has 2 rings (SSSR count). The summed E-state index contributed by atoms with van der Waals surface area (Å²) in [6, 6.07) is 14.6. The average Bonchev–Trinajstić information content (AvgIpc) is 2.65. The molecule has 2 aromatic carbocycles. The minimum atomic E-state index is -0.397. The minimum Gasteiger partial charge on any atom is -0.497 e. The lowest BCUT2D eigenvalue weighted by Crippen LogP contribution is -2.35. The van der Waals surface area contributed by atoms with Crippen LogP contribution in [0.2, 0.25) is 5.02 Å². The number of amides is 1. The zero-order valence-corrected chi connectivity index (χ0v) is 15.1. The number of ether oxygens (including phenoxy) is 2. The molecule has 6 heteroatoms. The van der Waals surface area contributed by atoms with Crippen LogP contribution < -0.4 is 15.8 Å². The maximum atomic E-state index is 12.5. The van der Waals surface area contributed by atoms with Crippen molar-refractivity contribution in [2.24, 2.45) is 5.73 Å². The Morgan fingerprint density at radius 3 is 2.60 bits per heavy atom. The van der Waals surface area contributed by atoms with E-state index in [9.17, 15) is 4.79 Å². The Balaban J connectivity index is 2.32. The van der Waals surface area contributed by atoms with Gasteiger partial charge in [0, 0.05) is 18.7 Å². The van der Waals surface area contributed by atoms with Crippen LogP contribution >= 0.6 is 11.6 Å². The van der Waals surface area contributed by atoms with Gasteiger partial charge < -0.3 is 20.5 Å². The van der Waals surface area contributed by atoms with Gasteiger partial charge in [-0.15, -0.1) is 0 Å². The summed E-state index contributed by atoms with van der Waals surface area (Å²) in [6.07, 6.45) is -0.144. The number of nitrogens with two attached hydrogens (primary N) is 1. The highest BCUT2D eigenvalue weighted by Gasteiger charge is 2.21. The first kappa shape index (κ1) is 19.2. The molecule has 2 aromatic rings. The van der Waals surface area contributed by atoms with Gasteiger partial charge in [0.05, 0.1) is 25.7 Å². The zero-order chi connectivity index (χ0) is 18.2. The predicted molar refractivity (Wildman–Crippen MR) is 98.9 cm³/mol. The van der Waals surface area contributed by atoms with E-state index in [0.717, 1.165) is 11.1 Å². The van der Waals surface area contributed by atoms with Crippen LogP contribution in [-0.2, 0) is 9.53 Å². The van der Waals surface area contributed by atoms with E-state index in [1.807, 2.05) is 42.5 Å². The molecule has 0 saturated carbocycles. The van der Waals surface area contributed by atoms with Crippen molar-refractivity contribution in [3.05, 3.63) is 64.7 Å². The zero-order valence-electron chi connectivity index (χ0n) is 14.4. The molecule has 0 aliphatic heterocycles. The van der Waals surface area contributed by atoms with Crippen LogP contribution in [0.25, 0.3) is 0 Å². The summed E-state index contributed by atoms with van der Waals surface area (Å²) in [7, 11) is 3.14. The summed E-state index contributed by atoms with van der Waals surface area (Å²) in [6.45, 7) is 0.278. The largest absolute Gasteiger partial charge is 0.497 e. The minimum absolute atomic E-state index is 0.162. The Labute approximate surface area is 153 Å². The number of hydrogen-bond donors (Lipinski definition) is 2. The van der Waals surface area contributed by atoms with Gasteiger partial charge in [0.2, 0.25) is 5.91 Å². The van der Waals surface area contributed by atoms with Gasteiger partial charge in [-0.25, -0.2) is 0 Å². The van der Waals surface area contributed by atoms with Crippen molar-refractivity contribution in [1.29, 1.82) is 0 Å². The molecule has 0 saturated heterocycles. The molecular weight excluding hydrogens is 340 g/mol. The van der Waals surface area contributed by atoms with E-state index in [-0.39, 0.29) is 25.0 Å². The number of benzene rings is 2. The number of halogens is 1. The van der Waals surface area contributed by atoms with Crippen LogP contribution in [0.1, 0.15) is 23.6 Å². The summed E-state index contributed by atoms with van der Waals surface area (Å²) in [5, 5.41) is 3.61. The molecule has 0 spiro atoms. The van der Waals surface area contributed by atoms with Gasteiger partial charge in [0.1, 0.15) is 5.75 Å². The molecule has 3 N–H and O–H groups in total. The molecule has 134 valence electrons. The summed E-state index contributed by atoms with van der Waals surface area (Å²) >= 11 is 6.36. The molecule has 0 aliphatic rings. The van der Waals surface area contributed by atoms with E-state index in [1.54, 1.807) is 20.3 Å². The van der Waals surface area contributed by atoms with Crippen molar-refractivity contribution in [1.82, 2.24) is 5.32 Å². The molecule has 1 amide bonds. The van der Waals surface area contributed by atoms with Crippen LogP contribution in [0, 0.1) is 0 Å². The van der Waals surface area contributed by atoms with Gasteiger partial charge in [-0.2, -0.15) is 0 Å². The van der Waals surface area contributed by atoms with Gasteiger partial charge in [-0.05, 0) is 29.3 Å². The Kier molecular flexibility index (Phi) is 7.25. The Bertz CT molecular complexity index is 705. The monoisotopic (exact) mass is 362 g/mol. The molecule has 2 atom stereocenters. The van der Waals surface area contributed by atoms with Crippen molar-refractivity contribution in [3.8, 4) is 5.75 Å². The fourth-order valence-electron chi connectivity index (χ4n) is 2.56. The molecule has 0 fully saturated rings. The molecule has 2 unspecified atom stereocenters. The lowest BCUT2D eigenvalue weighted by molar-refractivity contribution is -0.123. The second kappa shape index (κ2) is 9.42. The van der Waals surface area contributed by atoms with Crippen LogP contribution in [0.3, 0.4) is 0 Å². The lowest BCUT2D eigenvalue weighted by atomic mass is 9.98. The van der Waals surface area contributed by atoms with Gasteiger partial charge in [-0.3, -0.25) is 4.79 Å². The van der Waals surface area contributed by atoms with Gasteiger partial charge in [-0.1, -0.05) is 41.9 Å². The van der Waals surface area contributed by atoms with Crippen molar-refractivity contribution in [3.63, 3.8) is 0 Å². The molecule has 25 heavy (non-hydrogen) atoms. The Hall–Kier alpha value is -2.08. The van der Waals surface area contributed by atoms with E-state index in [4.69, 9.17) is 26.8 Å². The summed E-state index contributed by atoms with van der Waals surface area (Å²) in [5.41, 5.74) is 7.29. The van der Waals surface area contributed by atoms with Gasteiger partial charge >= 0.3 is 0 Å². The number of carbonyl (C=O) groups is 1. The van der Waals surface area contributed by atoms with Gasteiger partial charge in [0.25, 0.3) is 0 Å². The van der Waals surface area contributed by atoms with E-state index in [2.05, 4.69) is 5.32 Å². The highest BCUT2D eigenvalue weighted by atomic mass is 35.5. The highest BCUT2D eigenvalue weighted by molar-refractivity contribution is 6.31. The van der Waals surface area contributed by atoms with Crippen molar-refractivity contribution in [2.45, 2.75) is 18.6 Å². The Morgan fingerprint density at radius 2 is 1.96 bits per heavy atom. The molecule has 0 heterocycles. The van der Waals surface area contributed by atoms with Crippen LogP contribution in [0.15, 0.2) is 48.5 Å². The van der Waals surface area contributed by atoms with E-state index < -0.39 is 6.04 Å². The number of rotatable bonds is 8. The average molecular weight is 363 g/mol. The number of methoxy groups -OCH3 is 2. The third-order valence-electron chi connectivity index (χ3n) is 3.96. The quantitative estimate of drug-likeness (QED) is 0.757. The summed E-state index contributed by atoms with van der Waals surface area (Å²) < 4.78 is 10.5. The maximum absolute atomic E-state index is 12.5. The van der Waals surface area contributed by atoms with E-state index >= 15 is 0 Å². The fraction of sp³-hybridized carbons (Fsp3) is 0.316. The second-order valence-electron chi connectivity index (χ2n) is 5.60. The van der Waals surface area contributed by atoms with Crippen molar-refractivity contribution in [2.75, 3.05) is 20.8 Å². The van der Waals surface area contributed by atoms with Gasteiger partial charge in [0.15, 0.2) is 0 Å². The van der Waals surface area contributed by atoms with Crippen LogP contribution in [-0.4, -0.2) is 32.8 Å². The lowest BCUT2D eigenvalue weighted by Gasteiger charge is -2.22. The smallest absolute Gasteiger partial charge is 0.223 e. The molecule has 5 nitrogen and oxygen atoms in total. The molecule has 0 aliphatic carbocycles. The number of nitrogens with one attached hydrogen (secondary N) is 1. The SMILES string of the molecule is COc1cccc(C(NC(=O)CC(CN)OC)c2ccccc2Cl)c1. The fourth-order valence-corrected chi connectivity index (χ4v) is 2.81. The van der Waals surface area contributed by atoms with E-state index in [1.165, 1.54) is 0 Å². The first-order chi connectivity index (χ1) is 12.1. The number of carbonyl (C=O) groups excluding carboxylic acids is 1. The third kappa shape index (κ3) is 5.19. The van der Waals surface area contributed by atoms with Crippen molar-refractivity contribution < 1.29 is 14.3 Å². The highest BCUT2D eigenvalue weighted by Crippen LogP contribution is 2.30. The van der Waals surface area contributed by atoms with E-state index in [0.29, 0.717) is 10.8 Å². The molecular formula is C19H23ClN2O3. The first-order valence-corrected chi connectivity index (χ1v) is 8.37. The molecule has 0 bridgehead atoms. The third-order valence-corrected chi connectivity index (χ3v) is 4.30. The first-order valence-electron chi connectivity index (χ1n) is 7.99. The number of hydrogen-bond acceptors (Lipinski definition) is 4. The normalized spacial score (nSPS) is 13.1. The van der Waals surface area contributed by atoms with Crippen molar-refractivity contribution >= 4 is 17.5 Å². The standard InChI is InChI=1S/C19H23ClN2O3/c1-24-14-7-5-6-13(10-14)19(16-8-3-4-9-17(16)20)22-18(23)11-15(12-21)25-2/h3-10,15,19H,11-12,21H2,1-2H3,(H,22,23). The Morgan fingerprint density at radius 1 is 1.20 bits per heavy atom. The topological polar surface area (TPSA) is 73.6 Å². The van der Waals surface area contributed by atoms with Crippen LogP contribution in [0.5, 0.6) is 5.75 Å². The van der Waals surface area contributed by atoms with Crippen LogP contribution in [0.4, 0.5) is 0 Å². The molecule has 0 aromatic heterocycles. The maximum Gasteiger partial charge on any atom is 0.223 e. The predicted octanol–water partition coefficient (Wildman–Crippen LogP) is 2.92. The summed E-state index contributed by atoms with van der Waals surface area (Å²) in [4.78, 5) is 12.5. The summed E-state index contributed by atoms with van der Waals surface area (Å²) in [5.74, 6) is 0.547. The molecule has 0 radical (unpaired) electrons.